The number of aromatic nitrogens is 2. The van der Waals surface area contributed by atoms with Crippen LogP contribution in [-0.2, 0) is 9.59 Å². The highest BCUT2D eigenvalue weighted by Crippen LogP contribution is 2.31. The number of nitrogens with one attached hydrogen (secondary N) is 2. The zero-order chi connectivity index (χ0) is 25.8. The molecule has 0 fully saturated rings. The molecule has 0 spiro atoms. The van der Waals surface area contributed by atoms with Crippen molar-refractivity contribution >= 4 is 40.2 Å². The highest BCUT2D eigenvalue weighted by atomic mass is 16.3. The van der Waals surface area contributed by atoms with Crippen molar-refractivity contribution in [2.24, 2.45) is 0 Å². The van der Waals surface area contributed by atoms with Gasteiger partial charge in [0.25, 0.3) is 5.91 Å². The Kier molecular flexibility index (Phi) is 6.34. The zero-order valence-electron chi connectivity index (χ0n) is 19.8. The van der Waals surface area contributed by atoms with E-state index in [1.807, 2.05) is 66.7 Å². The fourth-order valence-electron chi connectivity index (χ4n) is 3.84. The van der Waals surface area contributed by atoms with E-state index in [1.54, 1.807) is 35.1 Å². The van der Waals surface area contributed by atoms with Crippen LogP contribution in [0, 0.1) is 11.3 Å². The van der Waals surface area contributed by atoms with E-state index in [9.17, 15) is 14.9 Å². The molecule has 2 heterocycles. The number of rotatable bonds is 6. The number of amides is 2. The first-order valence-corrected chi connectivity index (χ1v) is 11.4. The Labute approximate surface area is 212 Å². The van der Waals surface area contributed by atoms with Gasteiger partial charge in [0, 0.05) is 35.4 Å². The molecule has 0 aliphatic carbocycles. The summed E-state index contributed by atoms with van der Waals surface area (Å²) in [5.74, 6) is -0.242. The molecule has 0 aliphatic heterocycles. The van der Waals surface area contributed by atoms with Gasteiger partial charge in [-0.3, -0.25) is 9.59 Å². The van der Waals surface area contributed by atoms with Crippen LogP contribution in [-0.4, -0.2) is 21.6 Å². The number of fused-ring (bicyclic) bond motifs is 1. The second-order valence-electron chi connectivity index (χ2n) is 8.24. The third-order valence-electron chi connectivity index (χ3n) is 5.55. The number of carbonyl (C=O) groups is 2. The van der Waals surface area contributed by atoms with Gasteiger partial charge in [-0.1, -0.05) is 36.4 Å². The summed E-state index contributed by atoms with van der Waals surface area (Å²) in [4.78, 5) is 24.2. The van der Waals surface area contributed by atoms with Crippen LogP contribution in [0.5, 0.6) is 0 Å². The minimum atomic E-state index is -0.571. The molecule has 0 saturated heterocycles. The Bertz CT molecular complexity index is 1640. The highest BCUT2D eigenvalue weighted by Gasteiger charge is 2.18. The predicted octanol–water partition coefficient (Wildman–Crippen LogP) is 5.79. The smallest absolute Gasteiger partial charge is 0.266 e. The van der Waals surface area contributed by atoms with E-state index in [2.05, 4.69) is 10.6 Å². The Morgan fingerprint density at radius 2 is 1.62 bits per heavy atom. The lowest BCUT2D eigenvalue weighted by Gasteiger charge is -2.06. The van der Waals surface area contributed by atoms with Gasteiger partial charge in [0.05, 0.1) is 5.69 Å². The average molecular weight is 488 g/mol. The van der Waals surface area contributed by atoms with Gasteiger partial charge in [0.2, 0.25) is 5.91 Å². The van der Waals surface area contributed by atoms with E-state index in [4.69, 9.17) is 9.52 Å². The van der Waals surface area contributed by atoms with Crippen LogP contribution in [0.3, 0.4) is 0 Å². The molecule has 0 atom stereocenters. The highest BCUT2D eigenvalue weighted by molar-refractivity contribution is 6.10. The van der Waals surface area contributed by atoms with Crippen molar-refractivity contribution in [2.45, 2.75) is 6.92 Å². The molecule has 0 unspecified atom stereocenters. The molecule has 8 nitrogen and oxygen atoms in total. The quantitative estimate of drug-likeness (QED) is 0.233. The maximum absolute atomic E-state index is 13.0. The standard InChI is InChI=1S/C29H21N5O3/c1-19(35)31-23-11-13-24(14-12-23)32-29(36)21(17-30)15-22-18-34(25-8-3-2-4-9-25)33-28(22)27-16-20-7-5-6-10-26(20)37-27/h2-16,18H,1H3,(H,31,35)(H,32,36)/b21-15+. The van der Waals surface area contributed by atoms with Crippen LogP contribution in [0.25, 0.3) is 34.2 Å². The molecule has 180 valence electrons. The average Bonchev–Trinajstić information content (AvgIpc) is 3.53. The topological polar surface area (TPSA) is 113 Å². The zero-order valence-corrected chi connectivity index (χ0v) is 19.8. The number of anilines is 2. The third-order valence-corrected chi connectivity index (χ3v) is 5.55. The molecule has 0 aliphatic rings. The van der Waals surface area contributed by atoms with Gasteiger partial charge >= 0.3 is 0 Å². The summed E-state index contributed by atoms with van der Waals surface area (Å²) in [6.07, 6.45) is 3.25. The number of nitriles is 1. The second kappa shape index (κ2) is 10.1. The van der Waals surface area contributed by atoms with Gasteiger partial charge < -0.3 is 15.1 Å². The van der Waals surface area contributed by atoms with E-state index in [-0.39, 0.29) is 11.5 Å². The molecule has 3 aromatic carbocycles. The molecule has 5 aromatic rings. The summed E-state index contributed by atoms with van der Waals surface area (Å²) in [5.41, 5.74) is 3.57. The third kappa shape index (κ3) is 5.16. The largest absolute Gasteiger partial charge is 0.454 e. The Morgan fingerprint density at radius 1 is 0.946 bits per heavy atom. The van der Waals surface area contributed by atoms with E-state index < -0.39 is 5.91 Å². The summed E-state index contributed by atoms with van der Waals surface area (Å²) < 4.78 is 7.72. The van der Waals surface area contributed by atoms with Gasteiger partial charge in [-0.05, 0) is 54.6 Å². The predicted molar refractivity (Wildman–Crippen MR) is 142 cm³/mol. The molecule has 2 amide bonds. The molecule has 8 heteroatoms. The van der Waals surface area contributed by atoms with Gasteiger partial charge in [0.15, 0.2) is 5.76 Å². The van der Waals surface area contributed by atoms with Crippen LogP contribution in [0.2, 0.25) is 0 Å². The Morgan fingerprint density at radius 3 is 2.30 bits per heavy atom. The van der Waals surface area contributed by atoms with Gasteiger partial charge in [-0.15, -0.1) is 0 Å². The molecule has 2 N–H and O–H groups in total. The maximum atomic E-state index is 13.0. The van der Waals surface area contributed by atoms with Crippen molar-refractivity contribution in [3.8, 4) is 23.2 Å². The van der Waals surface area contributed by atoms with Crippen molar-refractivity contribution in [3.63, 3.8) is 0 Å². The number of para-hydroxylation sites is 2. The monoisotopic (exact) mass is 487 g/mol. The molecule has 5 rings (SSSR count). The first-order chi connectivity index (χ1) is 18.0. The van der Waals surface area contributed by atoms with Crippen LogP contribution in [0.1, 0.15) is 12.5 Å². The minimum absolute atomic E-state index is 0.101. The number of benzene rings is 3. The lowest BCUT2D eigenvalue weighted by atomic mass is 10.1. The summed E-state index contributed by atoms with van der Waals surface area (Å²) in [5, 5.41) is 20.8. The fourth-order valence-corrected chi connectivity index (χ4v) is 3.84. The number of furan rings is 1. The van der Waals surface area contributed by atoms with Gasteiger partial charge in [-0.25, -0.2) is 4.68 Å². The minimum Gasteiger partial charge on any atom is -0.454 e. The molecular weight excluding hydrogens is 466 g/mol. The number of hydrogen-bond acceptors (Lipinski definition) is 5. The van der Waals surface area contributed by atoms with Crippen LogP contribution < -0.4 is 10.6 Å². The summed E-state index contributed by atoms with van der Waals surface area (Å²) in [6.45, 7) is 1.42. The van der Waals surface area contributed by atoms with Crippen molar-refractivity contribution in [3.05, 3.63) is 102 Å². The molecule has 2 aromatic heterocycles. The van der Waals surface area contributed by atoms with Crippen molar-refractivity contribution in [1.82, 2.24) is 9.78 Å². The molecule has 37 heavy (non-hydrogen) atoms. The van der Waals surface area contributed by atoms with Gasteiger partial charge in [0.1, 0.15) is 22.9 Å². The van der Waals surface area contributed by atoms with Crippen LogP contribution >= 0.6 is 0 Å². The lowest BCUT2D eigenvalue weighted by Crippen LogP contribution is -2.13. The summed E-state index contributed by atoms with van der Waals surface area (Å²) in [7, 11) is 0. The number of hydrogen-bond donors (Lipinski definition) is 2. The van der Waals surface area contributed by atoms with E-state index in [0.29, 0.717) is 34.0 Å². The lowest BCUT2D eigenvalue weighted by molar-refractivity contribution is -0.114. The molecule has 0 saturated carbocycles. The van der Waals surface area contributed by atoms with Crippen molar-refractivity contribution < 1.29 is 14.0 Å². The second-order valence-corrected chi connectivity index (χ2v) is 8.24. The normalized spacial score (nSPS) is 11.2. The molecule has 0 bridgehead atoms. The first-order valence-electron chi connectivity index (χ1n) is 11.4. The first kappa shape index (κ1) is 23.3. The SMILES string of the molecule is CC(=O)Nc1ccc(NC(=O)/C(C#N)=C/c2cn(-c3ccccc3)nc2-c2cc3ccccc3o2)cc1. The van der Waals surface area contributed by atoms with Crippen molar-refractivity contribution in [2.75, 3.05) is 10.6 Å². The van der Waals surface area contributed by atoms with E-state index in [1.165, 1.54) is 13.0 Å². The number of carbonyl (C=O) groups excluding carboxylic acids is 2. The Hall–Kier alpha value is -5.42. The summed E-state index contributed by atoms with van der Waals surface area (Å²) in [6, 6.07) is 27.6. The summed E-state index contributed by atoms with van der Waals surface area (Å²) >= 11 is 0. The maximum Gasteiger partial charge on any atom is 0.266 e. The van der Waals surface area contributed by atoms with E-state index >= 15 is 0 Å². The molecule has 0 radical (unpaired) electrons. The Balaban J connectivity index is 1.50. The van der Waals surface area contributed by atoms with Gasteiger partial charge in [-0.2, -0.15) is 10.4 Å². The van der Waals surface area contributed by atoms with Crippen LogP contribution in [0.4, 0.5) is 11.4 Å². The van der Waals surface area contributed by atoms with Crippen LogP contribution in [0.15, 0.2) is 101 Å². The molecular formula is C29H21N5O3. The van der Waals surface area contributed by atoms with E-state index in [0.717, 1.165) is 11.1 Å². The number of nitrogens with zero attached hydrogens (tertiary/aromatic N) is 3. The van der Waals surface area contributed by atoms with Crippen molar-refractivity contribution in [1.29, 1.82) is 5.26 Å². The fraction of sp³-hybridized carbons (Fsp3) is 0.0345.